The summed E-state index contributed by atoms with van der Waals surface area (Å²) in [4.78, 5) is 43.9. The number of rotatable bonds is 10. The second kappa shape index (κ2) is 10.4. The molecule has 0 N–H and O–H groups in total. The highest BCUT2D eigenvalue weighted by Gasteiger charge is 2.19. The molecule has 0 aliphatic rings. The monoisotopic (exact) mass is 457 g/mol. The highest BCUT2D eigenvalue weighted by Crippen LogP contribution is 2.28. The fraction of sp³-hybridized carbons (Fsp3) is 0.478. The molecular weight excluding hydrogens is 426 g/mol. The molecule has 0 saturated carbocycles. The Labute approximate surface area is 192 Å². The minimum atomic E-state index is -0.479. The van der Waals surface area contributed by atoms with Crippen LogP contribution in [0.2, 0.25) is 0 Å². The molecule has 2 aromatic heterocycles. The van der Waals surface area contributed by atoms with Crippen LogP contribution >= 0.6 is 0 Å². The number of ether oxygens (including phenoxy) is 2. The van der Waals surface area contributed by atoms with Gasteiger partial charge in [-0.1, -0.05) is 19.9 Å². The molecule has 1 amide bonds. The molecule has 0 bridgehead atoms. The molecular formula is C23H31N5O5. The average molecular weight is 458 g/mol. The lowest BCUT2D eigenvalue weighted by atomic mass is 10.1. The standard InChI is InChI=1S/C23H31N5O5/c1-6-10-27(13-16-8-9-17(33-11-7-2)18(12-16)32-5)19(29)14-28-15-24-21-20(28)22(30)26(4)23(31)25(21)3/h8-9,12,15H,6-7,10-11,13-14H2,1-5H3. The molecule has 33 heavy (non-hydrogen) atoms. The van der Waals surface area contributed by atoms with Gasteiger partial charge in [0, 0.05) is 27.2 Å². The number of benzene rings is 1. The average Bonchev–Trinajstić information content (AvgIpc) is 3.23. The van der Waals surface area contributed by atoms with Gasteiger partial charge in [-0.3, -0.25) is 18.7 Å². The van der Waals surface area contributed by atoms with E-state index in [1.807, 2.05) is 32.0 Å². The lowest BCUT2D eigenvalue weighted by molar-refractivity contribution is -0.132. The van der Waals surface area contributed by atoms with Gasteiger partial charge in [0.1, 0.15) is 6.54 Å². The molecule has 0 saturated heterocycles. The fourth-order valence-corrected chi connectivity index (χ4v) is 3.69. The van der Waals surface area contributed by atoms with E-state index in [4.69, 9.17) is 9.47 Å². The highest BCUT2D eigenvalue weighted by molar-refractivity contribution is 5.79. The highest BCUT2D eigenvalue weighted by atomic mass is 16.5. The van der Waals surface area contributed by atoms with E-state index in [1.165, 1.54) is 22.5 Å². The summed E-state index contributed by atoms with van der Waals surface area (Å²) in [5.74, 6) is 1.13. The third-order valence-corrected chi connectivity index (χ3v) is 5.43. The van der Waals surface area contributed by atoms with Crippen LogP contribution in [0.3, 0.4) is 0 Å². The van der Waals surface area contributed by atoms with Gasteiger partial charge >= 0.3 is 5.69 Å². The first-order valence-corrected chi connectivity index (χ1v) is 11.0. The van der Waals surface area contributed by atoms with Gasteiger partial charge < -0.3 is 18.9 Å². The van der Waals surface area contributed by atoms with Gasteiger partial charge in [-0.15, -0.1) is 0 Å². The van der Waals surface area contributed by atoms with E-state index in [0.717, 1.165) is 23.0 Å². The molecule has 1 aromatic carbocycles. The van der Waals surface area contributed by atoms with E-state index in [2.05, 4.69) is 4.98 Å². The third-order valence-electron chi connectivity index (χ3n) is 5.43. The first-order valence-electron chi connectivity index (χ1n) is 11.0. The summed E-state index contributed by atoms with van der Waals surface area (Å²) in [6.07, 6.45) is 3.10. The van der Waals surface area contributed by atoms with Crippen LogP contribution in [0.4, 0.5) is 0 Å². The van der Waals surface area contributed by atoms with Crippen molar-refractivity contribution in [2.75, 3.05) is 20.3 Å². The zero-order valence-corrected chi connectivity index (χ0v) is 19.8. The normalized spacial score (nSPS) is 11.1. The molecule has 2 heterocycles. The number of methoxy groups -OCH3 is 1. The second-order valence-electron chi connectivity index (χ2n) is 7.90. The molecule has 0 spiro atoms. The quantitative estimate of drug-likeness (QED) is 0.459. The van der Waals surface area contributed by atoms with Crippen molar-refractivity contribution in [2.24, 2.45) is 14.1 Å². The molecule has 10 heteroatoms. The van der Waals surface area contributed by atoms with Gasteiger partial charge in [-0.25, -0.2) is 9.78 Å². The maximum Gasteiger partial charge on any atom is 0.332 e. The van der Waals surface area contributed by atoms with Gasteiger partial charge in [-0.05, 0) is 30.5 Å². The largest absolute Gasteiger partial charge is 0.493 e. The van der Waals surface area contributed by atoms with Crippen LogP contribution in [-0.2, 0) is 32.0 Å². The second-order valence-corrected chi connectivity index (χ2v) is 7.90. The van der Waals surface area contributed by atoms with Gasteiger partial charge in [0.05, 0.1) is 20.0 Å². The van der Waals surface area contributed by atoms with Crippen LogP contribution in [0, 0.1) is 0 Å². The van der Waals surface area contributed by atoms with Crippen LogP contribution in [-0.4, -0.2) is 49.8 Å². The van der Waals surface area contributed by atoms with E-state index in [0.29, 0.717) is 31.2 Å². The molecule has 0 fully saturated rings. The van der Waals surface area contributed by atoms with Gasteiger partial charge in [0.15, 0.2) is 22.7 Å². The maximum absolute atomic E-state index is 13.2. The summed E-state index contributed by atoms with van der Waals surface area (Å²) >= 11 is 0. The molecule has 0 aliphatic heterocycles. The third kappa shape index (κ3) is 4.94. The SMILES string of the molecule is CCCOc1ccc(CN(CCC)C(=O)Cn2cnc3c2c(=O)n(C)c(=O)n3C)cc1OC. The van der Waals surface area contributed by atoms with Crippen LogP contribution < -0.4 is 20.7 Å². The van der Waals surface area contributed by atoms with E-state index < -0.39 is 11.2 Å². The molecule has 0 atom stereocenters. The van der Waals surface area contributed by atoms with E-state index in [9.17, 15) is 14.4 Å². The summed E-state index contributed by atoms with van der Waals surface area (Å²) in [5.41, 5.74) is 0.449. The molecule has 0 aliphatic carbocycles. The maximum atomic E-state index is 13.2. The summed E-state index contributed by atoms with van der Waals surface area (Å²) < 4.78 is 15.0. The predicted octanol–water partition coefficient (Wildman–Crippen LogP) is 1.67. The van der Waals surface area contributed by atoms with E-state index in [-0.39, 0.29) is 23.6 Å². The van der Waals surface area contributed by atoms with Crippen molar-refractivity contribution in [3.05, 3.63) is 50.9 Å². The predicted molar refractivity (Wildman–Crippen MR) is 125 cm³/mol. The van der Waals surface area contributed by atoms with Crippen LogP contribution in [0.1, 0.15) is 32.3 Å². The van der Waals surface area contributed by atoms with Gasteiger partial charge in [0.2, 0.25) is 5.91 Å². The summed E-state index contributed by atoms with van der Waals surface area (Å²) in [7, 11) is 4.55. The number of imidazole rings is 1. The number of nitrogens with zero attached hydrogens (tertiary/aromatic N) is 5. The van der Waals surface area contributed by atoms with Crippen molar-refractivity contribution in [3.63, 3.8) is 0 Å². The van der Waals surface area contributed by atoms with Crippen LogP contribution in [0.5, 0.6) is 11.5 Å². The Morgan fingerprint density at radius 3 is 2.52 bits per heavy atom. The first kappa shape index (κ1) is 24.1. The Balaban J connectivity index is 1.86. The lowest BCUT2D eigenvalue weighted by Crippen LogP contribution is -2.38. The molecule has 3 rings (SSSR count). The van der Waals surface area contributed by atoms with Gasteiger partial charge in [-0.2, -0.15) is 0 Å². The molecule has 0 unspecified atom stereocenters. The fourth-order valence-electron chi connectivity index (χ4n) is 3.69. The zero-order valence-electron chi connectivity index (χ0n) is 19.8. The number of aromatic nitrogens is 4. The minimum Gasteiger partial charge on any atom is -0.493 e. The van der Waals surface area contributed by atoms with Crippen molar-refractivity contribution in [2.45, 2.75) is 39.8 Å². The number of hydrogen-bond donors (Lipinski definition) is 0. The number of hydrogen-bond acceptors (Lipinski definition) is 6. The van der Waals surface area contributed by atoms with Crippen molar-refractivity contribution in [3.8, 4) is 11.5 Å². The Hall–Kier alpha value is -3.56. The Kier molecular flexibility index (Phi) is 7.57. The van der Waals surface area contributed by atoms with Crippen molar-refractivity contribution < 1.29 is 14.3 Å². The smallest absolute Gasteiger partial charge is 0.332 e. The Morgan fingerprint density at radius 1 is 1.09 bits per heavy atom. The van der Waals surface area contributed by atoms with Crippen LogP contribution in [0.15, 0.2) is 34.1 Å². The zero-order chi connectivity index (χ0) is 24.1. The van der Waals surface area contributed by atoms with Crippen LogP contribution in [0.25, 0.3) is 11.2 Å². The molecule has 3 aromatic rings. The summed E-state index contributed by atoms with van der Waals surface area (Å²) in [5, 5.41) is 0. The number of carbonyl (C=O) groups is 1. The Morgan fingerprint density at radius 2 is 1.85 bits per heavy atom. The molecule has 178 valence electrons. The number of aryl methyl sites for hydroxylation is 1. The lowest BCUT2D eigenvalue weighted by Gasteiger charge is -2.23. The molecule has 10 nitrogen and oxygen atoms in total. The van der Waals surface area contributed by atoms with E-state index >= 15 is 0 Å². The summed E-state index contributed by atoms with van der Waals surface area (Å²) in [6.45, 7) is 5.52. The topological polar surface area (TPSA) is 101 Å². The Bertz CT molecular complexity index is 1260. The number of fused-ring (bicyclic) bond motifs is 1. The van der Waals surface area contributed by atoms with Crippen molar-refractivity contribution in [1.29, 1.82) is 0 Å². The molecule has 0 radical (unpaired) electrons. The minimum absolute atomic E-state index is 0.0568. The van der Waals surface area contributed by atoms with Crippen molar-refractivity contribution in [1.82, 2.24) is 23.6 Å². The number of amides is 1. The number of carbonyl (C=O) groups excluding carboxylic acids is 1. The first-order chi connectivity index (χ1) is 15.8. The van der Waals surface area contributed by atoms with Crippen molar-refractivity contribution >= 4 is 17.1 Å². The summed E-state index contributed by atoms with van der Waals surface area (Å²) in [6, 6.07) is 5.65. The van der Waals surface area contributed by atoms with Gasteiger partial charge in [0.25, 0.3) is 5.56 Å². The van der Waals surface area contributed by atoms with E-state index in [1.54, 1.807) is 19.1 Å².